The fourth-order valence-electron chi connectivity index (χ4n) is 1.56. The second-order valence-electron chi connectivity index (χ2n) is 4.24. The van der Waals surface area contributed by atoms with Crippen LogP contribution in [0.15, 0.2) is 24.4 Å². The molecule has 0 bridgehead atoms. The molecule has 1 rings (SSSR count). The van der Waals surface area contributed by atoms with Gasteiger partial charge in [0.2, 0.25) is 0 Å². The summed E-state index contributed by atoms with van der Waals surface area (Å²) in [4.78, 5) is 15.7. The van der Waals surface area contributed by atoms with Crippen LogP contribution in [0, 0.1) is 0 Å². The van der Waals surface area contributed by atoms with Crippen molar-refractivity contribution in [3.8, 4) is 0 Å². The molecule has 0 aromatic carbocycles. The molecule has 0 saturated heterocycles. The van der Waals surface area contributed by atoms with Gasteiger partial charge in [0.25, 0.3) is 0 Å². The molecule has 0 radical (unpaired) electrons. The maximum atomic E-state index is 11.5. The van der Waals surface area contributed by atoms with Crippen molar-refractivity contribution in [2.75, 3.05) is 7.11 Å². The summed E-state index contributed by atoms with van der Waals surface area (Å²) < 4.78 is 4.73. The van der Waals surface area contributed by atoms with Gasteiger partial charge in [-0.3, -0.25) is 15.1 Å². The van der Waals surface area contributed by atoms with Crippen LogP contribution in [-0.2, 0) is 9.53 Å². The Balaban J connectivity index is 2.71. The van der Waals surface area contributed by atoms with Crippen LogP contribution < -0.4 is 5.32 Å². The van der Waals surface area contributed by atoms with E-state index in [1.54, 1.807) is 20.0 Å². The van der Waals surface area contributed by atoms with E-state index in [0.29, 0.717) is 0 Å². The Morgan fingerprint density at radius 2 is 2.19 bits per heavy atom. The Morgan fingerprint density at radius 3 is 2.69 bits per heavy atom. The number of carbonyl (C=O) groups is 1. The van der Waals surface area contributed by atoms with Crippen LogP contribution in [0.5, 0.6) is 0 Å². The topological polar surface area (TPSA) is 51.2 Å². The van der Waals surface area contributed by atoms with Crippen molar-refractivity contribution >= 4 is 5.97 Å². The highest BCUT2D eigenvalue weighted by Crippen LogP contribution is 2.14. The lowest BCUT2D eigenvalue weighted by Crippen LogP contribution is -2.48. The zero-order chi connectivity index (χ0) is 12.2. The molecule has 0 fully saturated rings. The van der Waals surface area contributed by atoms with E-state index in [1.165, 1.54) is 7.11 Å². The first-order valence-electron chi connectivity index (χ1n) is 5.24. The average Bonchev–Trinajstić information content (AvgIpc) is 2.28. The van der Waals surface area contributed by atoms with Gasteiger partial charge in [-0.2, -0.15) is 0 Å². The molecule has 0 saturated carbocycles. The largest absolute Gasteiger partial charge is 0.468 e. The van der Waals surface area contributed by atoms with Crippen LogP contribution in [0.4, 0.5) is 0 Å². The van der Waals surface area contributed by atoms with Gasteiger partial charge in [-0.25, -0.2) is 0 Å². The van der Waals surface area contributed by atoms with E-state index in [-0.39, 0.29) is 12.0 Å². The quantitative estimate of drug-likeness (QED) is 0.787. The van der Waals surface area contributed by atoms with Crippen molar-refractivity contribution in [1.29, 1.82) is 0 Å². The molecule has 1 aromatic heterocycles. The smallest absolute Gasteiger partial charge is 0.325 e. The van der Waals surface area contributed by atoms with E-state index in [9.17, 15) is 4.79 Å². The van der Waals surface area contributed by atoms with Crippen LogP contribution in [0.2, 0.25) is 0 Å². The number of carbonyl (C=O) groups excluding carboxylic acids is 1. The van der Waals surface area contributed by atoms with E-state index < -0.39 is 5.54 Å². The van der Waals surface area contributed by atoms with Crippen LogP contribution in [0.3, 0.4) is 0 Å². The Kier molecular flexibility index (Phi) is 4.01. The Bertz CT molecular complexity index is 349. The molecule has 0 spiro atoms. The van der Waals surface area contributed by atoms with E-state index in [0.717, 1.165) is 5.69 Å². The maximum Gasteiger partial charge on any atom is 0.325 e. The third kappa shape index (κ3) is 3.03. The summed E-state index contributed by atoms with van der Waals surface area (Å²) in [5.74, 6) is -0.282. The molecule has 1 unspecified atom stereocenters. The number of esters is 1. The SMILES string of the molecule is COC(=O)C(C)(C)NC(C)c1ccccn1. The van der Waals surface area contributed by atoms with Crippen LogP contribution in [-0.4, -0.2) is 23.6 Å². The molecular formula is C12H18N2O2. The van der Waals surface area contributed by atoms with Gasteiger partial charge in [0.1, 0.15) is 5.54 Å². The second kappa shape index (κ2) is 5.07. The summed E-state index contributed by atoms with van der Waals surface area (Å²) >= 11 is 0. The van der Waals surface area contributed by atoms with Gasteiger partial charge >= 0.3 is 5.97 Å². The maximum absolute atomic E-state index is 11.5. The molecular weight excluding hydrogens is 204 g/mol. The van der Waals surface area contributed by atoms with Gasteiger partial charge in [-0.15, -0.1) is 0 Å². The summed E-state index contributed by atoms with van der Waals surface area (Å²) in [6, 6.07) is 5.70. The molecule has 0 amide bonds. The minimum absolute atomic E-state index is 0.00435. The van der Waals surface area contributed by atoms with Gasteiger partial charge in [0.05, 0.1) is 12.8 Å². The zero-order valence-electron chi connectivity index (χ0n) is 10.2. The van der Waals surface area contributed by atoms with Crippen molar-refractivity contribution < 1.29 is 9.53 Å². The Hall–Kier alpha value is -1.42. The standard InChI is InChI=1S/C12H18N2O2/c1-9(10-7-5-6-8-13-10)14-12(2,3)11(15)16-4/h5-9,14H,1-4H3. The molecule has 1 aromatic rings. The van der Waals surface area contributed by atoms with Crippen LogP contribution in [0.1, 0.15) is 32.5 Å². The number of pyridine rings is 1. The van der Waals surface area contributed by atoms with Gasteiger partial charge < -0.3 is 4.74 Å². The average molecular weight is 222 g/mol. The molecule has 1 N–H and O–H groups in total. The number of aromatic nitrogens is 1. The zero-order valence-corrected chi connectivity index (χ0v) is 10.2. The van der Waals surface area contributed by atoms with Crippen LogP contribution >= 0.6 is 0 Å². The molecule has 4 nitrogen and oxygen atoms in total. The fraction of sp³-hybridized carbons (Fsp3) is 0.500. The third-order valence-electron chi connectivity index (χ3n) is 2.40. The minimum Gasteiger partial charge on any atom is -0.468 e. The molecule has 1 atom stereocenters. The molecule has 16 heavy (non-hydrogen) atoms. The van der Waals surface area contributed by atoms with Crippen molar-refractivity contribution in [2.45, 2.75) is 32.4 Å². The first-order chi connectivity index (χ1) is 7.47. The van der Waals surface area contributed by atoms with Gasteiger partial charge in [0, 0.05) is 12.2 Å². The number of nitrogens with zero attached hydrogens (tertiary/aromatic N) is 1. The van der Waals surface area contributed by atoms with Gasteiger partial charge in [-0.1, -0.05) is 6.07 Å². The van der Waals surface area contributed by atoms with E-state index in [4.69, 9.17) is 4.74 Å². The third-order valence-corrected chi connectivity index (χ3v) is 2.40. The summed E-state index contributed by atoms with van der Waals surface area (Å²) in [5.41, 5.74) is 0.186. The van der Waals surface area contributed by atoms with Crippen molar-refractivity contribution in [1.82, 2.24) is 10.3 Å². The number of hydrogen-bond donors (Lipinski definition) is 1. The fourth-order valence-corrected chi connectivity index (χ4v) is 1.56. The predicted octanol–water partition coefficient (Wildman–Crippen LogP) is 1.68. The first-order valence-corrected chi connectivity index (χ1v) is 5.24. The van der Waals surface area contributed by atoms with Crippen LogP contribution in [0.25, 0.3) is 0 Å². The summed E-state index contributed by atoms with van der Waals surface area (Å²) in [5, 5.41) is 3.19. The van der Waals surface area contributed by atoms with E-state index in [2.05, 4.69) is 10.3 Å². The lowest BCUT2D eigenvalue weighted by atomic mass is 10.0. The second-order valence-corrected chi connectivity index (χ2v) is 4.24. The molecule has 0 aliphatic rings. The lowest BCUT2D eigenvalue weighted by molar-refractivity contribution is -0.147. The number of methoxy groups -OCH3 is 1. The summed E-state index contributed by atoms with van der Waals surface area (Å²) in [7, 11) is 1.39. The summed E-state index contributed by atoms with van der Waals surface area (Å²) in [6.45, 7) is 5.55. The van der Waals surface area contributed by atoms with Gasteiger partial charge in [-0.05, 0) is 32.9 Å². The molecule has 4 heteroatoms. The Morgan fingerprint density at radius 1 is 1.50 bits per heavy atom. The molecule has 0 aliphatic carbocycles. The highest BCUT2D eigenvalue weighted by Gasteiger charge is 2.30. The van der Waals surface area contributed by atoms with Gasteiger partial charge in [0.15, 0.2) is 0 Å². The minimum atomic E-state index is -0.717. The number of hydrogen-bond acceptors (Lipinski definition) is 4. The number of rotatable bonds is 4. The van der Waals surface area contributed by atoms with Crippen molar-refractivity contribution in [3.05, 3.63) is 30.1 Å². The molecule has 0 aliphatic heterocycles. The monoisotopic (exact) mass is 222 g/mol. The number of nitrogens with one attached hydrogen (secondary N) is 1. The lowest BCUT2D eigenvalue weighted by Gasteiger charge is -2.27. The normalized spacial score (nSPS) is 13.2. The summed E-state index contributed by atoms with van der Waals surface area (Å²) in [6.07, 6.45) is 1.73. The highest BCUT2D eigenvalue weighted by molar-refractivity contribution is 5.79. The first kappa shape index (κ1) is 12.6. The van der Waals surface area contributed by atoms with Crippen molar-refractivity contribution in [2.24, 2.45) is 0 Å². The van der Waals surface area contributed by atoms with Crippen molar-refractivity contribution in [3.63, 3.8) is 0 Å². The van der Waals surface area contributed by atoms with E-state index in [1.807, 2.05) is 25.1 Å². The predicted molar refractivity (Wildman–Crippen MR) is 61.9 cm³/mol. The molecule has 1 heterocycles. The highest BCUT2D eigenvalue weighted by atomic mass is 16.5. The molecule has 88 valence electrons. The Labute approximate surface area is 96.0 Å². The van der Waals surface area contributed by atoms with E-state index >= 15 is 0 Å². The number of ether oxygens (including phenoxy) is 1.